The van der Waals surface area contributed by atoms with Gasteiger partial charge in [-0.2, -0.15) is 0 Å². The highest BCUT2D eigenvalue weighted by Crippen LogP contribution is 2.15. The summed E-state index contributed by atoms with van der Waals surface area (Å²) in [6, 6.07) is 11.3. The number of hydrogen-bond donors (Lipinski definition) is 0. The van der Waals surface area contributed by atoms with Crippen molar-refractivity contribution in [3.63, 3.8) is 0 Å². The van der Waals surface area contributed by atoms with Gasteiger partial charge >= 0.3 is 17.9 Å². The summed E-state index contributed by atoms with van der Waals surface area (Å²) in [4.78, 5) is 34.8. The van der Waals surface area contributed by atoms with E-state index in [1.807, 2.05) is 0 Å². The molecule has 2 rings (SSSR count). The van der Waals surface area contributed by atoms with Crippen LogP contribution in [0.15, 0.2) is 72.8 Å². The maximum absolute atomic E-state index is 14.3. The molecule has 6 nitrogen and oxygen atoms in total. The van der Waals surface area contributed by atoms with Crippen molar-refractivity contribution in [3.8, 4) is 5.75 Å². The SMILES string of the molecule is C=C(C)C(=O)OCCc1ccc(OC(=O)/C=C/c2ccc(CCOC(=O)C(=C)C)cc2F)cc1. The number of carbonyl (C=O) groups excluding carboxylic acids is 3. The van der Waals surface area contributed by atoms with Gasteiger partial charge in [-0.1, -0.05) is 37.4 Å². The molecule has 34 heavy (non-hydrogen) atoms. The fraction of sp³-hybridized carbons (Fsp3) is 0.222. The van der Waals surface area contributed by atoms with Crippen molar-refractivity contribution in [1.82, 2.24) is 0 Å². The van der Waals surface area contributed by atoms with Crippen molar-refractivity contribution in [2.75, 3.05) is 13.2 Å². The van der Waals surface area contributed by atoms with Crippen molar-refractivity contribution in [2.24, 2.45) is 0 Å². The highest BCUT2D eigenvalue weighted by Gasteiger charge is 2.07. The van der Waals surface area contributed by atoms with Crippen LogP contribution >= 0.6 is 0 Å². The molecule has 0 saturated carbocycles. The summed E-state index contributed by atoms with van der Waals surface area (Å²) in [6.45, 7) is 10.5. The fourth-order valence-electron chi connectivity index (χ4n) is 2.66. The number of benzene rings is 2. The lowest BCUT2D eigenvalue weighted by atomic mass is 10.1. The molecule has 0 atom stereocenters. The Morgan fingerprint density at radius 1 is 0.853 bits per heavy atom. The Hall–Kier alpha value is -4.00. The highest BCUT2D eigenvalue weighted by atomic mass is 19.1. The van der Waals surface area contributed by atoms with Gasteiger partial charge in [-0.3, -0.25) is 0 Å². The second-order valence-electron chi connectivity index (χ2n) is 7.59. The molecule has 0 heterocycles. The van der Waals surface area contributed by atoms with Crippen molar-refractivity contribution >= 4 is 24.0 Å². The Labute approximate surface area is 198 Å². The molecule has 0 amide bonds. The predicted octanol–water partition coefficient (Wildman–Crippen LogP) is 4.77. The minimum atomic E-state index is -0.654. The normalized spacial score (nSPS) is 10.6. The second-order valence-corrected chi connectivity index (χ2v) is 7.59. The summed E-state index contributed by atoms with van der Waals surface area (Å²) in [7, 11) is 0. The second kappa shape index (κ2) is 12.9. The molecule has 2 aromatic rings. The average Bonchev–Trinajstić information content (AvgIpc) is 2.79. The van der Waals surface area contributed by atoms with E-state index in [1.165, 1.54) is 18.2 Å². The molecule has 0 unspecified atom stereocenters. The molecule has 0 radical (unpaired) electrons. The Morgan fingerprint density at radius 2 is 1.38 bits per heavy atom. The molecule has 0 spiro atoms. The van der Waals surface area contributed by atoms with Gasteiger partial charge in [0.1, 0.15) is 11.6 Å². The summed E-state index contributed by atoms with van der Waals surface area (Å²) in [5, 5.41) is 0. The monoisotopic (exact) mass is 466 g/mol. The lowest BCUT2D eigenvalue weighted by molar-refractivity contribution is -0.139. The maximum atomic E-state index is 14.3. The third-order valence-electron chi connectivity index (χ3n) is 4.55. The molecular formula is C27H27FO6. The first-order valence-corrected chi connectivity index (χ1v) is 10.6. The van der Waals surface area contributed by atoms with Gasteiger partial charge < -0.3 is 14.2 Å². The van der Waals surface area contributed by atoms with E-state index in [0.717, 1.165) is 11.6 Å². The summed E-state index contributed by atoms with van der Waals surface area (Å²) in [5.74, 6) is -1.76. The van der Waals surface area contributed by atoms with Crippen LogP contribution in [0.1, 0.15) is 30.5 Å². The lowest BCUT2D eigenvalue weighted by Crippen LogP contribution is -2.08. The number of ether oxygens (including phenoxy) is 3. The van der Waals surface area contributed by atoms with E-state index in [1.54, 1.807) is 44.2 Å². The first-order chi connectivity index (χ1) is 16.2. The number of halogens is 1. The molecule has 178 valence electrons. The first-order valence-electron chi connectivity index (χ1n) is 10.6. The van der Waals surface area contributed by atoms with Gasteiger partial charge in [-0.25, -0.2) is 18.8 Å². The number of esters is 3. The van der Waals surface area contributed by atoms with Crippen molar-refractivity contribution in [2.45, 2.75) is 26.7 Å². The van der Waals surface area contributed by atoms with E-state index in [-0.39, 0.29) is 18.8 Å². The minimum Gasteiger partial charge on any atom is -0.462 e. The van der Waals surface area contributed by atoms with Gasteiger partial charge in [0.05, 0.1) is 13.2 Å². The Morgan fingerprint density at radius 3 is 1.91 bits per heavy atom. The predicted molar refractivity (Wildman–Crippen MR) is 126 cm³/mol. The first kappa shape index (κ1) is 26.3. The van der Waals surface area contributed by atoms with Gasteiger partial charge in [-0.05, 0) is 49.2 Å². The quantitative estimate of drug-likeness (QED) is 0.270. The number of hydrogen-bond acceptors (Lipinski definition) is 6. The van der Waals surface area contributed by atoms with Gasteiger partial charge in [-0.15, -0.1) is 0 Å². The Balaban J connectivity index is 1.83. The van der Waals surface area contributed by atoms with Gasteiger partial charge in [0, 0.05) is 35.6 Å². The van der Waals surface area contributed by atoms with E-state index in [2.05, 4.69) is 13.2 Å². The van der Waals surface area contributed by atoms with Crippen molar-refractivity contribution in [3.05, 3.63) is 95.4 Å². The molecule has 0 aromatic heterocycles. The molecule has 0 fully saturated rings. The van der Waals surface area contributed by atoms with Crippen LogP contribution in [0.5, 0.6) is 5.75 Å². The van der Waals surface area contributed by atoms with Crippen molar-refractivity contribution < 1.29 is 33.0 Å². The van der Waals surface area contributed by atoms with Crippen LogP contribution < -0.4 is 4.74 Å². The average molecular weight is 467 g/mol. The van der Waals surface area contributed by atoms with Crippen LogP contribution in [0.25, 0.3) is 6.08 Å². The third kappa shape index (κ3) is 8.86. The Kier molecular flexibility index (Phi) is 9.95. The van der Waals surface area contributed by atoms with Crippen LogP contribution in [-0.2, 0) is 36.7 Å². The molecular weight excluding hydrogens is 439 g/mol. The van der Waals surface area contributed by atoms with Crippen LogP contribution in [0, 0.1) is 5.82 Å². The van der Waals surface area contributed by atoms with E-state index in [0.29, 0.717) is 35.3 Å². The molecule has 0 bridgehead atoms. The third-order valence-corrected chi connectivity index (χ3v) is 4.55. The summed E-state index contributed by atoms with van der Waals surface area (Å²) in [6.07, 6.45) is 3.33. The number of rotatable bonds is 11. The molecule has 0 saturated heterocycles. The van der Waals surface area contributed by atoms with E-state index >= 15 is 0 Å². The van der Waals surface area contributed by atoms with Gasteiger partial charge in [0.25, 0.3) is 0 Å². The summed E-state index contributed by atoms with van der Waals surface area (Å²) in [5.41, 5.74) is 2.42. The topological polar surface area (TPSA) is 78.9 Å². The largest absolute Gasteiger partial charge is 0.462 e. The van der Waals surface area contributed by atoms with E-state index in [4.69, 9.17) is 14.2 Å². The van der Waals surface area contributed by atoms with Crippen LogP contribution in [-0.4, -0.2) is 31.1 Å². The molecule has 7 heteroatoms. The summed E-state index contributed by atoms with van der Waals surface area (Å²) < 4.78 is 29.6. The van der Waals surface area contributed by atoms with E-state index in [9.17, 15) is 18.8 Å². The van der Waals surface area contributed by atoms with Crippen LogP contribution in [0.3, 0.4) is 0 Å². The zero-order valence-electron chi connectivity index (χ0n) is 19.3. The number of carbonyl (C=O) groups is 3. The molecule has 2 aromatic carbocycles. The fourth-order valence-corrected chi connectivity index (χ4v) is 2.66. The molecule has 0 aliphatic carbocycles. The van der Waals surface area contributed by atoms with Crippen molar-refractivity contribution in [1.29, 1.82) is 0 Å². The van der Waals surface area contributed by atoms with Crippen LogP contribution in [0.4, 0.5) is 4.39 Å². The minimum absolute atomic E-state index is 0.116. The smallest absolute Gasteiger partial charge is 0.336 e. The zero-order chi connectivity index (χ0) is 25.1. The lowest BCUT2D eigenvalue weighted by Gasteiger charge is -2.06. The van der Waals surface area contributed by atoms with Gasteiger partial charge in [0.2, 0.25) is 0 Å². The Bertz CT molecular complexity index is 1100. The van der Waals surface area contributed by atoms with Crippen LogP contribution in [0.2, 0.25) is 0 Å². The summed E-state index contributed by atoms with van der Waals surface area (Å²) >= 11 is 0. The maximum Gasteiger partial charge on any atom is 0.336 e. The van der Waals surface area contributed by atoms with Gasteiger partial charge in [0.15, 0.2) is 0 Å². The zero-order valence-corrected chi connectivity index (χ0v) is 19.3. The standard InChI is InChI=1S/C27H27FO6/c1-18(2)26(30)32-15-13-20-6-10-23(11-7-20)34-25(29)12-9-22-8-5-21(17-24(22)28)14-16-33-27(31)19(3)4/h5-12,17H,1,3,13-16H2,2,4H3/b12-9+. The molecule has 0 aliphatic rings. The molecule has 0 N–H and O–H groups in total. The van der Waals surface area contributed by atoms with E-state index < -0.39 is 23.7 Å². The highest BCUT2D eigenvalue weighted by molar-refractivity contribution is 5.89. The molecule has 0 aliphatic heterocycles.